The number of carbonyl (C=O) groups excluding carboxylic acids is 1. The Morgan fingerprint density at radius 1 is 1.50 bits per heavy atom. The van der Waals surface area contributed by atoms with Crippen LogP contribution in [-0.4, -0.2) is 29.9 Å². The van der Waals surface area contributed by atoms with E-state index in [1.165, 1.54) is 0 Å². The molecule has 1 amide bonds. The summed E-state index contributed by atoms with van der Waals surface area (Å²) in [5.74, 6) is 0.799. The van der Waals surface area contributed by atoms with E-state index in [1.807, 2.05) is 30.0 Å². The first-order chi connectivity index (χ1) is 9.04. The summed E-state index contributed by atoms with van der Waals surface area (Å²) in [6.07, 6.45) is 2.09. The molecule has 0 aromatic heterocycles. The summed E-state index contributed by atoms with van der Waals surface area (Å²) < 4.78 is 1.14. The molecule has 2 atom stereocenters. The van der Waals surface area contributed by atoms with Gasteiger partial charge in [0, 0.05) is 28.3 Å². The Morgan fingerprint density at radius 2 is 2.20 bits per heavy atom. The minimum atomic E-state index is 0. The lowest BCUT2D eigenvalue weighted by Gasteiger charge is -2.38. The predicted molar refractivity (Wildman–Crippen MR) is 93.4 cm³/mol. The monoisotopic (exact) mass is 408 g/mol. The molecule has 5 heteroatoms. The molecule has 1 aliphatic rings. The third kappa shape index (κ3) is 3.65. The standard InChI is InChI=1S/C15H21IN2O.ClH/c1-10-6-7-18(12(8-10)9-17)15(19)13-4-3-5-14(16)11(13)2;/h3-5,10,12H,6-9,17H2,1-2H3;1H. The summed E-state index contributed by atoms with van der Waals surface area (Å²) in [5, 5.41) is 0. The zero-order valence-electron chi connectivity index (χ0n) is 11.9. The second-order valence-electron chi connectivity index (χ2n) is 5.43. The van der Waals surface area contributed by atoms with Crippen molar-refractivity contribution in [2.45, 2.75) is 32.7 Å². The molecule has 112 valence electrons. The average molecular weight is 409 g/mol. The van der Waals surface area contributed by atoms with Crippen LogP contribution >= 0.6 is 35.0 Å². The largest absolute Gasteiger partial charge is 0.334 e. The summed E-state index contributed by atoms with van der Waals surface area (Å²) >= 11 is 2.28. The number of nitrogens with two attached hydrogens (primary N) is 1. The fraction of sp³-hybridized carbons (Fsp3) is 0.533. The summed E-state index contributed by atoms with van der Waals surface area (Å²) in [6.45, 7) is 5.63. The van der Waals surface area contributed by atoms with Crippen LogP contribution in [0.2, 0.25) is 0 Å². The van der Waals surface area contributed by atoms with Gasteiger partial charge >= 0.3 is 0 Å². The smallest absolute Gasteiger partial charge is 0.254 e. The number of halogens is 2. The van der Waals surface area contributed by atoms with Crippen molar-refractivity contribution < 1.29 is 4.79 Å². The normalized spacial score (nSPS) is 22.3. The molecule has 0 bridgehead atoms. The Bertz CT molecular complexity index is 481. The molecule has 1 aromatic carbocycles. The third-order valence-electron chi connectivity index (χ3n) is 4.01. The van der Waals surface area contributed by atoms with Crippen LogP contribution in [-0.2, 0) is 0 Å². The number of nitrogens with zero attached hydrogens (tertiary/aromatic N) is 1. The molecule has 2 rings (SSSR count). The summed E-state index contributed by atoms with van der Waals surface area (Å²) in [5.41, 5.74) is 7.74. The molecule has 0 aliphatic carbocycles. The van der Waals surface area contributed by atoms with Crippen LogP contribution in [0.25, 0.3) is 0 Å². The number of hydrogen-bond acceptors (Lipinski definition) is 2. The number of carbonyl (C=O) groups is 1. The van der Waals surface area contributed by atoms with E-state index in [9.17, 15) is 4.79 Å². The molecule has 3 nitrogen and oxygen atoms in total. The minimum absolute atomic E-state index is 0. The van der Waals surface area contributed by atoms with Gasteiger partial charge in [-0.15, -0.1) is 12.4 Å². The number of amides is 1. The molecule has 0 saturated carbocycles. The van der Waals surface area contributed by atoms with Crippen LogP contribution < -0.4 is 5.73 Å². The van der Waals surface area contributed by atoms with Gasteiger partial charge in [-0.05, 0) is 66.0 Å². The fourth-order valence-corrected chi connectivity index (χ4v) is 3.23. The molecular formula is C15H22ClIN2O. The van der Waals surface area contributed by atoms with E-state index in [4.69, 9.17) is 5.73 Å². The number of hydrogen-bond donors (Lipinski definition) is 1. The van der Waals surface area contributed by atoms with E-state index in [1.54, 1.807) is 0 Å². The second kappa shape index (κ2) is 7.61. The Hall–Kier alpha value is -0.330. The van der Waals surface area contributed by atoms with Gasteiger partial charge in [0.2, 0.25) is 0 Å². The van der Waals surface area contributed by atoms with Gasteiger partial charge in [-0.3, -0.25) is 4.79 Å². The first-order valence-corrected chi connectivity index (χ1v) is 7.88. The van der Waals surface area contributed by atoms with Gasteiger partial charge < -0.3 is 10.6 Å². The molecule has 0 radical (unpaired) electrons. The van der Waals surface area contributed by atoms with Crippen LogP contribution in [0, 0.1) is 16.4 Å². The molecule has 1 aromatic rings. The second-order valence-corrected chi connectivity index (χ2v) is 6.59. The summed E-state index contributed by atoms with van der Waals surface area (Å²) in [6, 6.07) is 6.09. The topological polar surface area (TPSA) is 46.3 Å². The van der Waals surface area contributed by atoms with Gasteiger partial charge in [-0.1, -0.05) is 13.0 Å². The van der Waals surface area contributed by atoms with Crippen molar-refractivity contribution in [2.75, 3.05) is 13.1 Å². The number of rotatable bonds is 2. The van der Waals surface area contributed by atoms with Gasteiger partial charge in [0.05, 0.1) is 0 Å². The highest BCUT2D eigenvalue weighted by Gasteiger charge is 2.30. The molecular weight excluding hydrogens is 387 g/mol. The highest BCUT2D eigenvalue weighted by molar-refractivity contribution is 14.1. The Labute approximate surface area is 140 Å². The summed E-state index contributed by atoms with van der Waals surface area (Å²) in [4.78, 5) is 14.7. The lowest BCUT2D eigenvalue weighted by atomic mass is 9.91. The van der Waals surface area contributed by atoms with Crippen molar-refractivity contribution in [3.63, 3.8) is 0 Å². The first-order valence-electron chi connectivity index (χ1n) is 6.80. The number of piperidine rings is 1. The van der Waals surface area contributed by atoms with E-state index in [0.29, 0.717) is 12.5 Å². The van der Waals surface area contributed by atoms with Crippen LogP contribution in [0.4, 0.5) is 0 Å². The van der Waals surface area contributed by atoms with Crippen LogP contribution in [0.15, 0.2) is 18.2 Å². The van der Waals surface area contributed by atoms with Crippen LogP contribution in [0.1, 0.15) is 35.7 Å². The molecule has 20 heavy (non-hydrogen) atoms. The molecule has 2 unspecified atom stereocenters. The van der Waals surface area contributed by atoms with Gasteiger partial charge in [0.15, 0.2) is 0 Å². The quantitative estimate of drug-likeness (QED) is 0.764. The molecule has 2 N–H and O–H groups in total. The van der Waals surface area contributed by atoms with Crippen molar-refractivity contribution in [3.8, 4) is 0 Å². The maximum atomic E-state index is 12.7. The number of benzene rings is 1. The van der Waals surface area contributed by atoms with E-state index < -0.39 is 0 Å². The first kappa shape index (κ1) is 17.7. The van der Waals surface area contributed by atoms with E-state index in [0.717, 1.165) is 34.1 Å². The van der Waals surface area contributed by atoms with Crippen molar-refractivity contribution in [2.24, 2.45) is 11.7 Å². The van der Waals surface area contributed by atoms with E-state index in [-0.39, 0.29) is 24.4 Å². The summed E-state index contributed by atoms with van der Waals surface area (Å²) in [7, 11) is 0. The maximum Gasteiger partial charge on any atom is 0.254 e. The lowest BCUT2D eigenvalue weighted by Crippen LogP contribution is -2.49. The molecule has 0 spiro atoms. The highest BCUT2D eigenvalue weighted by atomic mass is 127. The van der Waals surface area contributed by atoms with Gasteiger partial charge in [0.25, 0.3) is 5.91 Å². The van der Waals surface area contributed by atoms with E-state index in [2.05, 4.69) is 29.5 Å². The SMILES string of the molecule is Cc1c(I)cccc1C(=O)N1CCC(C)CC1CN.Cl. The average Bonchev–Trinajstić information content (AvgIpc) is 2.41. The van der Waals surface area contributed by atoms with Gasteiger partial charge in [-0.2, -0.15) is 0 Å². The van der Waals surface area contributed by atoms with Crippen LogP contribution in [0.3, 0.4) is 0 Å². The zero-order chi connectivity index (χ0) is 14.0. The van der Waals surface area contributed by atoms with Crippen molar-refractivity contribution in [3.05, 3.63) is 32.9 Å². The minimum Gasteiger partial charge on any atom is -0.334 e. The maximum absolute atomic E-state index is 12.7. The molecule has 1 heterocycles. The Morgan fingerprint density at radius 3 is 2.85 bits per heavy atom. The lowest BCUT2D eigenvalue weighted by molar-refractivity contribution is 0.0573. The number of likely N-dealkylation sites (tertiary alicyclic amines) is 1. The molecule has 1 fully saturated rings. The molecule has 1 aliphatic heterocycles. The van der Waals surface area contributed by atoms with E-state index >= 15 is 0 Å². The van der Waals surface area contributed by atoms with Crippen molar-refractivity contribution in [1.29, 1.82) is 0 Å². The zero-order valence-corrected chi connectivity index (χ0v) is 14.9. The Kier molecular flexibility index (Phi) is 6.75. The highest BCUT2D eigenvalue weighted by Crippen LogP contribution is 2.25. The van der Waals surface area contributed by atoms with Crippen molar-refractivity contribution >= 4 is 40.9 Å². The van der Waals surface area contributed by atoms with Gasteiger partial charge in [0.1, 0.15) is 0 Å². The van der Waals surface area contributed by atoms with Crippen molar-refractivity contribution in [1.82, 2.24) is 4.90 Å². The van der Waals surface area contributed by atoms with Gasteiger partial charge in [-0.25, -0.2) is 0 Å². The third-order valence-corrected chi connectivity index (χ3v) is 5.18. The molecule has 1 saturated heterocycles. The van der Waals surface area contributed by atoms with Crippen LogP contribution in [0.5, 0.6) is 0 Å². The predicted octanol–water partition coefficient (Wildman–Crippen LogP) is 3.22. The fourth-order valence-electron chi connectivity index (χ4n) is 2.74. The Balaban J connectivity index is 0.00000200.